The maximum absolute atomic E-state index is 12.4. The number of nitrogens with zero attached hydrogens (tertiary/aromatic N) is 2. The van der Waals surface area contributed by atoms with Gasteiger partial charge in [-0.2, -0.15) is 0 Å². The molecule has 4 aromatic rings. The molecule has 4 rings (SSSR count). The van der Waals surface area contributed by atoms with Crippen LogP contribution >= 0.6 is 0 Å². The van der Waals surface area contributed by atoms with Crippen LogP contribution in [0.2, 0.25) is 0 Å². The fourth-order valence-electron chi connectivity index (χ4n) is 3.38. The third kappa shape index (κ3) is 4.79. The lowest BCUT2D eigenvalue weighted by Gasteiger charge is -2.25. The molecule has 4 aromatic carbocycles. The monoisotopic (exact) mass is 420 g/mol. The SMILES string of the molecule is O=C(/C=C/c1ccc(N(c2ccccc2)c2ccccc2)cc1)c1cccc([N+](=O)[O-])c1. The second-order valence-corrected chi connectivity index (χ2v) is 7.10. The Morgan fingerprint density at radius 2 is 1.28 bits per heavy atom. The van der Waals surface area contributed by atoms with E-state index in [2.05, 4.69) is 29.2 Å². The lowest BCUT2D eigenvalue weighted by Crippen LogP contribution is -2.09. The molecule has 0 heterocycles. The predicted molar refractivity (Wildman–Crippen MR) is 128 cm³/mol. The van der Waals surface area contributed by atoms with Crippen molar-refractivity contribution in [3.63, 3.8) is 0 Å². The van der Waals surface area contributed by atoms with Crippen LogP contribution in [0.4, 0.5) is 22.7 Å². The zero-order valence-electron chi connectivity index (χ0n) is 17.2. The number of rotatable bonds is 7. The van der Waals surface area contributed by atoms with Crippen LogP contribution in [-0.2, 0) is 0 Å². The van der Waals surface area contributed by atoms with Gasteiger partial charge in [0.2, 0.25) is 0 Å². The van der Waals surface area contributed by atoms with Crippen molar-refractivity contribution in [1.82, 2.24) is 0 Å². The van der Waals surface area contributed by atoms with Crippen LogP contribution in [0.3, 0.4) is 0 Å². The van der Waals surface area contributed by atoms with Crippen molar-refractivity contribution < 1.29 is 9.72 Å². The summed E-state index contributed by atoms with van der Waals surface area (Å²) >= 11 is 0. The fraction of sp³-hybridized carbons (Fsp3) is 0. The predicted octanol–water partition coefficient (Wildman–Crippen LogP) is 6.96. The number of non-ortho nitro benzene ring substituents is 1. The molecule has 0 saturated heterocycles. The summed E-state index contributed by atoms with van der Waals surface area (Å²) in [7, 11) is 0. The maximum Gasteiger partial charge on any atom is 0.270 e. The molecule has 32 heavy (non-hydrogen) atoms. The smallest absolute Gasteiger partial charge is 0.270 e. The third-order valence-electron chi connectivity index (χ3n) is 4.95. The van der Waals surface area contributed by atoms with Gasteiger partial charge < -0.3 is 4.90 Å². The van der Waals surface area contributed by atoms with Gasteiger partial charge in [0.15, 0.2) is 5.78 Å². The summed E-state index contributed by atoms with van der Waals surface area (Å²) in [5, 5.41) is 10.9. The standard InChI is InChI=1S/C27H20N2O3/c30-27(22-8-7-13-26(20-22)29(31)32)19-16-21-14-17-25(18-15-21)28(23-9-3-1-4-10-23)24-11-5-2-6-12-24/h1-20H/b19-16+. The van der Waals surface area contributed by atoms with Crippen molar-refractivity contribution in [1.29, 1.82) is 0 Å². The maximum atomic E-state index is 12.4. The molecular weight excluding hydrogens is 400 g/mol. The molecule has 5 heteroatoms. The molecule has 0 N–H and O–H groups in total. The highest BCUT2D eigenvalue weighted by molar-refractivity contribution is 6.07. The highest BCUT2D eigenvalue weighted by Crippen LogP contribution is 2.34. The van der Waals surface area contributed by atoms with Gasteiger partial charge in [-0.1, -0.05) is 66.7 Å². The van der Waals surface area contributed by atoms with Gasteiger partial charge in [0, 0.05) is 34.8 Å². The van der Waals surface area contributed by atoms with Crippen molar-refractivity contribution in [2.45, 2.75) is 0 Å². The Morgan fingerprint density at radius 3 is 1.84 bits per heavy atom. The van der Waals surface area contributed by atoms with E-state index in [9.17, 15) is 14.9 Å². The van der Waals surface area contributed by atoms with Crippen molar-refractivity contribution >= 4 is 34.6 Å². The summed E-state index contributed by atoms with van der Waals surface area (Å²) in [4.78, 5) is 25.0. The molecule has 0 unspecified atom stereocenters. The van der Waals surface area contributed by atoms with Crippen LogP contribution in [0.1, 0.15) is 15.9 Å². The Hall–Kier alpha value is -4.51. The first-order valence-electron chi connectivity index (χ1n) is 10.1. The molecule has 156 valence electrons. The number of carbonyl (C=O) groups excluding carboxylic acids is 1. The van der Waals surface area contributed by atoms with Crippen molar-refractivity contribution in [3.8, 4) is 0 Å². The number of nitro benzene ring substituents is 1. The molecule has 0 amide bonds. The molecule has 0 atom stereocenters. The third-order valence-corrected chi connectivity index (χ3v) is 4.95. The summed E-state index contributed by atoms with van der Waals surface area (Å²) in [5.74, 6) is -0.284. The second-order valence-electron chi connectivity index (χ2n) is 7.10. The number of ketones is 1. The lowest BCUT2D eigenvalue weighted by atomic mass is 10.1. The van der Waals surface area contributed by atoms with E-state index in [4.69, 9.17) is 0 Å². The normalized spacial score (nSPS) is 10.8. The highest BCUT2D eigenvalue weighted by atomic mass is 16.6. The van der Waals surface area contributed by atoms with Crippen LogP contribution in [0.25, 0.3) is 6.08 Å². The first kappa shape index (κ1) is 20.8. The highest BCUT2D eigenvalue weighted by Gasteiger charge is 2.12. The minimum absolute atomic E-state index is 0.101. The van der Waals surface area contributed by atoms with Crippen molar-refractivity contribution in [3.05, 3.63) is 137 Å². The average Bonchev–Trinajstić information content (AvgIpc) is 2.85. The molecule has 0 spiro atoms. The first-order valence-corrected chi connectivity index (χ1v) is 10.1. The molecule has 5 nitrogen and oxygen atoms in total. The van der Waals surface area contributed by atoms with Gasteiger partial charge in [0.05, 0.1) is 4.92 Å². The van der Waals surface area contributed by atoms with E-state index in [1.54, 1.807) is 12.1 Å². The van der Waals surface area contributed by atoms with Gasteiger partial charge in [-0.3, -0.25) is 14.9 Å². The topological polar surface area (TPSA) is 63.5 Å². The largest absolute Gasteiger partial charge is 0.311 e. The zero-order valence-corrected chi connectivity index (χ0v) is 17.2. The Balaban J connectivity index is 1.57. The van der Waals surface area contributed by atoms with Crippen LogP contribution in [0, 0.1) is 10.1 Å². The molecule has 0 aliphatic heterocycles. The van der Waals surface area contributed by atoms with E-state index in [0.29, 0.717) is 0 Å². The van der Waals surface area contributed by atoms with Crippen LogP contribution < -0.4 is 4.90 Å². The lowest BCUT2D eigenvalue weighted by molar-refractivity contribution is -0.384. The molecule has 0 aliphatic carbocycles. The van der Waals surface area contributed by atoms with E-state index < -0.39 is 4.92 Å². The minimum Gasteiger partial charge on any atom is -0.311 e. The van der Waals surface area contributed by atoms with E-state index >= 15 is 0 Å². The van der Waals surface area contributed by atoms with E-state index in [0.717, 1.165) is 22.6 Å². The average molecular weight is 420 g/mol. The minimum atomic E-state index is -0.509. The summed E-state index contributed by atoms with van der Waals surface area (Å²) < 4.78 is 0. The molecule has 0 aliphatic rings. The number of allylic oxidation sites excluding steroid dienone is 1. The Morgan fingerprint density at radius 1 is 0.719 bits per heavy atom. The van der Waals surface area contributed by atoms with Crippen molar-refractivity contribution in [2.24, 2.45) is 0 Å². The van der Waals surface area contributed by atoms with E-state index in [1.807, 2.05) is 60.7 Å². The first-order chi connectivity index (χ1) is 15.6. The zero-order chi connectivity index (χ0) is 22.3. The molecule has 0 aromatic heterocycles. The Labute approximate surface area is 186 Å². The van der Waals surface area contributed by atoms with Gasteiger partial charge in [-0.15, -0.1) is 0 Å². The summed E-state index contributed by atoms with van der Waals surface area (Å²) in [6, 6.07) is 33.8. The Kier molecular flexibility index (Phi) is 6.18. The second kappa shape index (κ2) is 9.53. The van der Waals surface area contributed by atoms with E-state index in [-0.39, 0.29) is 17.0 Å². The summed E-state index contributed by atoms with van der Waals surface area (Å²) in [6.07, 6.45) is 3.14. The fourth-order valence-corrected chi connectivity index (χ4v) is 3.38. The van der Waals surface area contributed by atoms with Gasteiger partial charge in [0.1, 0.15) is 0 Å². The van der Waals surface area contributed by atoms with E-state index in [1.165, 1.54) is 24.3 Å². The molecule has 0 radical (unpaired) electrons. The quantitative estimate of drug-likeness (QED) is 0.140. The number of nitro groups is 1. The van der Waals surface area contributed by atoms with Crippen LogP contribution in [-0.4, -0.2) is 10.7 Å². The summed E-state index contributed by atoms with van der Waals surface area (Å²) in [5.41, 5.74) is 4.12. The van der Waals surface area contributed by atoms with Gasteiger partial charge in [0.25, 0.3) is 5.69 Å². The molecule has 0 saturated carbocycles. The number of carbonyl (C=O) groups is 1. The van der Waals surface area contributed by atoms with Gasteiger partial charge >= 0.3 is 0 Å². The molecule has 0 bridgehead atoms. The van der Waals surface area contributed by atoms with Gasteiger partial charge in [-0.25, -0.2) is 0 Å². The number of benzene rings is 4. The van der Waals surface area contributed by atoms with Crippen molar-refractivity contribution in [2.75, 3.05) is 4.90 Å². The Bertz CT molecular complexity index is 1210. The summed E-state index contributed by atoms with van der Waals surface area (Å²) in [6.45, 7) is 0. The van der Waals surface area contributed by atoms with Crippen LogP contribution in [0.5, 0.6) is 0 Å². The molecule has 0 fully saturated rings. The number of hydrogen-bond acceptors (Lipinski definition) is 4. The number of hydrogen-bond donors (Lipinski definition) is 0. The van der Waals surface area contributed by atoms with Gasteiger partial charge in [-0.05, 0) is 48.0 Å². The van der Waals surface area contributed by atoms with Crippen LogP contribution in [0.15, 0.2) is 115 Å². The number of anilines is 3. The molecular formula is C27H20N2O3. The number of para-hydroxylation sites is 2.